The second-order valence-corrected chi connectivity index (χ2v) is 5.76. The van der Waals surface area contributed by atoms with E-state index in [1.807, 2.05) is 18.2 Å². The Morgan fingerprint density at radius 1 is 1.21 bits per heavy atom. The molecule has 6 nitrogen and oxygen atoms in total. The average Bonchev–Trinajstić information content (AvgIpc) is 2.64. The van der Waals surface area contributed by atoms with Crippen molar-refractivity contribution in [3.8, 4) is 5.88 Å². The van der Waals surface area contributed by atoms with E-state index in [4.69, 9.17) is 16.3 Å². The minimum atomic E-state index is -4.50. The second-order valence-electron chi connectivity index (χ2n) is 5.35. The first kappa shape index (κ1) is 24.2. The van der Waals surface area contributed by atoms with Crippen LogP contribution in [0, 0.1) is 0 Å². The summed E-state index contributed by atoms with van der Waals surface area (Å²) in [5.74, 6) is 0.519. The van der Waals surface area contributed by atoms with E-state index in [2.05, 4.69) is 25.6 Å². The van der Waals surface area contributed by atoms with E-state index in [0.717, 1.165) is 18.2 Å². The standard InChI is InChI=1S/C17H19ClF3N5O.HI/c1-22-16(24-7-5-13-4-2-3-6-23-13)25-8-9-27-15-14(18)10-12(11-26-15)17(19,20)21;/h2-4,6,10-11H,5,7-9H2,1H3,(H2,22,24,25);1H. The summed E-state index contributed by atoms with van der Waals surface area (Å²) in [4.78, 5) is 11.9. The van der Waals surface area contributed by atoms with E-state index < -0.39 is 11.7 Å². The minimum absolute atomic E-state index is 0. The molecule has 2 rings (SSSR count). The highest BCUT2D eigenvalue weighted by molar-refractivity contribution is 14.0. The zero-order valence-corrected chi connectivity index (χ0v) is 18.0. The van der Waals surface area contributed by atoms with Crippen LogP contribution in [-0.2, 0) is 12.6 Å². The normalized spacial score (nSPS) is 11.5. The second kappa shape index (κ2) is 11.9. The third-order valence-electron chi connectivity index (χ3n) is 3.39. The highest BCUT2D eigenvalue weighted by Crippen LogP contribution is 2.32. The van der Waals surface area contributed by atoms with Gasteiger partial charge in [-0.1, -0.05) is 17.7 Å². The number of guanidine groups is 1. The number of rotatable bonds is 7. The number of nitrogens with zero attached hydrogens (tertiary/aromatic N) is 3. The Morgan fingerprint density at radius 3 is 2.57 bits per heavy atom. The first-order chi connectivity index (χ1) is 12.9. The largest absolute Gasteiger partial charge is 0.475 e. The molecule has 2 aromatic rings. The van der Waals surface area contributed by atoms with E-state index in [0.29, 0.717) is 25.2 Å². The van der Waals surface area contributed by atoms with Crippen LogP contribution in [0.1, 0.15) is 11.3 Å². The molecule has 0 aliphatic heterocycles. The molecule has 28 heavy (non-hydrogen) atoms. The van der Waals surface area contributed by atoms with Crippen molar-refractivity contribution in [2.75, 3.05) is 26.7 Å². The lowest BCUT2D eigenvalue weighted by Gasteiger charge is -2.13. The quantitative estimate of drug-likeness (QED) is 0.248. The monoisotopic (exact) mass is 529 g/mol. The molecular formula is C17H20ClF3IN5O. The van der Waals surface area contributed by atoms with E-state index in [1.165, 1.54) is 0 Å². The molecule has 0 amide bonds. The smallest absolute Gasteiger partial charge is 0.417 e. The maximum absolute atomic E-state index is 12.6. The lowest BCUT2D eigenvalue weighted by Crippen LogP contribution is -2.40. The summed E-state index contributed by atoms with van der Waals surface area (Å²) in [6.45, 7) is 1.16. The fourth-order valence-corrected chi connectivity index (χ4v) is 2.30. The van der Waals surface area contributed by atoms with Gasteiger partial charge in [0.15, 0.2) is 5.96 Å². The van der Waals surface area contributed by atoms with Gasteiger partial charge in [0.05, 0.1) is 12.1 Å². The maximum Gasteiger partial charge on any atom is 0.417 e. The Labute approximate surface area is 183 Å². The number of halogens is 5. The number of pyridine rings is 2. The van der Waals surface area contributed by atoms with Crippen LogP contribution in [0.3, 0.4) is 0 Å². The Morgan fingerprint density at radius 2 is 1.96 bits per heavy atom. The Bertz CT molecular complexity index is 762. The van der Waals surface area contributed by atoms with Gasteiger partial charge in [-0.3, -0.25) is 9.98 Å². The van der Waals surface area contributed by atoms with Gasteiger partial charge in [-0.05, 0) is 18.2 Å². The van der Waals surface area contributed by atoms with Crippen LogP contribution in [0.25, 0.3) is 0 Å². The number of alkyl halides is 3. The molecular weight excluding hydrogens is 510 g/mol. The fourth-order valence-electron chi connectivity index (χ4n) is 2.08. The highest BCUT2D eigenvalue weighted by Gasteiger charge is 2.31. The van der Waals surface area contributed by atoms with Gasteiger partial charge < -0.3 is 15.4 Å². The minimum Gasteiger partial charge on any atom is -0.475 e. The van der Waals surface area contributed by atoms with Crippen molar-refractivity contribution in [2.45, 2.75) is 12.6 Å². The summed E-state index contributed by atoms with van der Waals surface area (Å²) in [5.41, 5.74) is 0.0438. The molecule has 2 aromatic heterocycles. The molecule has 11 heteroatoms. The molecule has 0 saturated carbocycles. The van der Waals surface area contributed by atoms with Gasteiger partial charge in [-0.25, -0.2) is 4.98 Å². The van der Waals surface area contributed by atoms with E-state index in [9.17, 15) is 13.2 Å². The molecule has 0 atom stereocenters. The molecule has 0 aromatic carbocycles. The lowest BCUT2D eigenvalue weighted by molar-refractivity contribution is -0.137. The van der Waals surface area contributed by atoms with Gasteiger partial charge >= 0.3 is 6.18 Å². The van der Waals surface area contributed by atoms with Crippen LogP contribution in [0.4, 0.5) is 13.2 Å². The van der Waals surface area contributed by atoms with Crippen molar-refractivity contribution in [3.05, 3.63) is 52.9 Å². The van der Waals surface area contributed by atoms with Crippen molar-refractivity contribution in [1.29, 1.82) is 0 Å². The van der Waals surface area contributed by atoms with Crippen molar-refractivity contribution < 1.29 is 17.9 Å². The van der Waals surface area contributed by atoms with Gasteiger partial charge in [0, 0.05) is 38.1 Å². The van der Waals surface area contributed by atoms with Crippen LogP contribution < -0.4 is 15.4 Å². The predicted octanol–water partition coefficient (Wildman–Crippen LogP) is 3.55. The molecule has 0 aliphatic rings. The van der Waals surface area contributed by atoms with E-state index >= 15 is 0 Å². The van der Waals surface area contributed by atoms with Gasteiger partial charge in [-0.15, -0.1) is 24.0 Å². The summed E-state index contributed by atoms with van der Waals surface area (Å²) < 4.78 is 43.0. The first-order valence-electron chi connectivity index (χ1n) is 8.10. The number of ether oxygens (including phenoxy) is 1. The number of aromatic nitrogens is 2. The van der Waals surface area contributed by atoms with Crippen LogP contribution >= 0.6 is 35.6 Å². The molecule has 0 saturated heterocycles. The summed E-state index contributed by atoms with van der Waals surface area (Å²) in [6.07, 6.45) is -1.33. The zero-order chi connectivity index (χ0) is 19.7. The van der Waals surface area contributed by atoms with Gasteiger partial charge in [0.25, 0.3) is 0 Å². The van der Waals surface area contributed by atoms with Crippen LogP contribution in [0.2, 0.25) is 5.02 Å². The summed E-state index contributed by atoms with van der Waals surface area (Å²) >= 11 is 5.78. The fraction of sp³-hybridized carbons (Fsp3) is 0.353. The Hall–Kier alpha value is -1.82. The summed E-state index contributed by atoms with van der Waals surface area (Å²) in [5, 5.41) is 5.96. The first-order valence-corrected chi connectivity index (χ1v) is 8.48. The Balaban J connectivity index is 0.00000392. The van der Waals surface area contributed by atoms with Crippen molar-refractivity contribution in [1.82, 2.24) is 20.6 Å². The lowest BCUT2D eigenvalue weighted by atomic mass is 10.3. The zero-order valence-electron chi connectivity index (χ0n) is 15.0. The van der Waals surface area contributed by atoms with Gasteiger partial charge in [-0.2, -0.15) is 13.2 Å². The predicted molar refractivity (Wildman–Crippen MR) is 112 cm³/mol. The molecule has 2 heterocycles. The van der Waals surface area contributed by atoms with Crippen LogP contribution in [0.5, 0.6) is 5.88 Å². The van der Waals surface area contributed by atoms with E-state index in [-0.39, 0.29) is 41.5 Å². The summed E-state index contributed by atoms with van der Waals surface area (Å²) in [6, 6.07) is 6.50. The topological polar surface area (TPSA) is 71.4 Å². The third kappa shape index (κ3) is 8.05. The van der Waals surface area contributed by atoms with Crippen LogP contribution in [-0.4, -0.2) is 42.7 Å². The van der Waals surface area contributed by atoms with Crippen molar-refractivity contribution in [2.24, 2.45) is 4.99 Å². The molecule has 0 aliphatic carbocycles. The molecule has 0 unspecified atom stereocenters. The van der Waals surface area contributed by atoms with Gasteiger partial charge in [0.1, 0.15) is 11.6 Å². The number of nitrogens with one attached hydrogen (secondary N) is 2. The summed E-state index contributed by atoms with van der Waals surface area (Å²) in [7, 11) is 1.63. The molecule has 0 fully saturated rings. The molecule has 154 valence electrons. The number of hydrogen-bond donors (Lipinski definition) is 2. The number of hydrogen-bond acceptors (Lipinski definition) is 4. The van der Waals surface area contributed by atoms with Gasteiger partial charge in [0.2, 0.25) is 5.88 Å². The SMILES string of the molecule is CN=C(NCCOc1ncc(C(F)(F)F)cc1Cl)NCCc1ccccn1.I. The average molecular weight is 530 g/mol. The van der Waals surface area contributed by atoms with Crippen molar-refractivity contribution in [3.63, 3.8) is 0 Å². The molecule has 2 N–H and O–H groups in total. The van der Waals surface area contributed by atoms with E-state index in [1.54, 1.807) is 13.2 Å². The molecule has 0 bridgehead atoms. The Kier molecular flexibility index (Phi) is 10.3. The van der Waals surface area contributed by atoms with Crippen molar-refractivity contribution >= 4 is 41.5 Å². The molecule has 0 radical (unpaired) electrons. The number of aliphatic imine (C=N–C) groups is 1. The highest BCUT2D eigenvalue weighted by atomic mass is 127. The third-order valence-corrected chi connectivity index (χ3v) is 3.66. The molecule has 0 spiro atoms. The van der Waals surface area contributed by atoms with Crippen LogP contribution in [0.15, 0.2) is 41.7 Å². The maximum atomic E-state index is 12.6.